The maximum Gasteiger partial charge on any atom is 0.267 e. The maximum atomic E-state index is 12.4. The highest BCUT2D eigenvalue weighted by atomic mass is 16.2. The third-order valence-corrected chi connectivity index (χ3v) is 3.64. The molecular weight excluding hydrogens is 344 g/mol. The van der Waals surface area contributed by atoms with Gasteiger partial charge in [0.25, 0.3) is 5.91 Å². The number of nitrogens with two attached hydrogens (primary N) is 1. The number of benzene rings is 2. The Kier molecular flexibility index (Phi) is 6.07. The van der Waals surface area contributed by atoms with Crippen molar-refractivity contribution in [1.29, 1.82) is 5.26 Å². The van der Waals surface area contributed by atoms with Gasteiger partial charge < -0.3 is 11.1 Å². The molecule has 27 heavy (non-hydrogen) atoms. The number of carbonyl (C=O) groups excluding carboxylic acids is 3. The van der Waals surface area contributed by atoms with Gasteiger partial charge in [0.2, 0.25) is 5.91 Å². The molecule has 0 heterocycles. The first-order valence-corrected chi connectivity index (χ1v) is 8.01. The molecular formula is C20H18N4O3. The van der Waals surface area contributed by atoms with Crippen molar-refractivity contribution >= 4 is 34.7 Å². The van der Waals surface area contributed by atoms with Crippen LogP contribution >= 0.6 is 0 Å². The van der Waals surface area contributed by atoms with Crippen LogP contribution in [0, 0.1) is 11.3 Å². The SMILES string of the molecule is CC(=O)c1cccc(NC(=O)/C(C#N)=C\N(C(C)=O)c2cccc(N)c2)c1. The summed E-state index contributed by atoms with van der Waals surface area (Å²) in [6.07, 6.45) is 1.15. The van der Waals surface area contributed by atoms with Crippen LogP contribution in [0.1, 0.15) is 24.2 Å². The summed E-state index contributed by atoms with van der Waals surface area (Å²) >= 11 is 0. The predicted octanol–water partition coefficient (Wildman–Crippen LogP) is 2.87. The summed E-state index contributed by atoms with van der Waals surface area (Å²) in [4.78, 5) is 37.0. The van der Waals surface area contributed by atoms with Crippen molar-refractivity contribution < 1.29 is 14.4 Å². The number of amides is 2. The van der Waals surface area contributed by atoms with Gasteiger partial charge in [0, 0.05) is 30.1 Å². The van der Waals surface area contributed by atoms with Gasteiger partial charge in [0.05, 0.1) is 5.69 Å². The van der Waals surface area contributed by atoms with Crippen molar-refractivity contribution in [2.75, 3.05) is 16.0 Å². The van der Waals surface area contributed by atoms with E-state index in [1.165, 1.54) is 24.8 Å². The largest absolute Gasteiger partial charge is 0.399 e. The van der Waals surface area contributed by atoms with E-state index in [0.717, 1.165) is 6.20 Å². The van der Waals surface area contributed by atoms with Gasteiger partial charge in [-0.3, -0.25) is 19.3 Å². The molecule has 2 aromatic carbocycles. The molecule has 7 nitrogen and oxygen atoms in total. The number of hydrogen-bond donors (Lipinski definition) is 2. The van der Waals surface area contributed by atoms with Crippen LogP contribution in [-0.4, -0.2) is 17.6 Å². The van der Waals surface area contributed by atoms with E-state index in [2.05, 4.69) is 5.32 Å². The molecule has 0 saturated heterocycles. The average molecular weight is 362 g/mol. The van der Waals surface area contributed by atoms with Crippen molar-refractivity contribution in [3.05, 3.63) is 65.9 Å². The average Bonchev–Trinajstić information content (AvgIpc) is 2.62. The molecule has 136 valence electrons. The monoisotopic (exact) mass is 362 g/mol. The van der Waals surface area contributed by atoms with E-state index in [1.807, 2.05) is 0 Å². The maximum absolute atomic E-state index is 12.4. The van der Waals surface area contributed by atoms with Crippen molar-refractivity contribution in [1.82, 2.24) is 0 Å². The number of Topliss-reactive ketones (excluding diaryl/α,β-unsaturated/α-hetero) is 1. The minimum Gasteiger partial charge on any atom is -0.399 e. The molecule has 0 atom stereocenters. The zero-order valence-electron chi connectivity index (χ0n) is 14.9. The van der Waals surface area contributed by atoms with E-state index in [0.29, 0.717) is 22.6 Å². The first kappa shape index (κ1) is 19.4. The smallest absolute Gasteiger partial charge is 0.267 e. The number of nitrogens with one attached hydrogen (secondary N) is 1. The summed E-state index contributed by atoms with van der Waals surface area (Å²) in [5.74, 6) is -1.24. The number of rotatable bonds is 5. The van der Waals surface area contributed by atoms with Crippen LogP contribution in [0.2, 0.25) is 0 Å². The van der Waals surface area contributed by atoms with Crippen LogP contribution in [0.3, 0.4) is 0 Å². The van der Waals surface area contributed by atoms with E-state index in [-0.39, 0.29) is 17.3 Å². The number of hydrogen-bond acceptors (Lipinski definition) is 5. The number of nitriles is 1. The first-order chi connectivity index (χ1) is 12.8. The molecule has 0 saturated carbocycles. The summed E-state index contributed by atoms with van der Waals surface area (Å²) in [6.45, 7) is 2.72. The lowest BCUT2D eigenvalue weighted by Crippen LogP contribution is -2.25. The third-order valence-electron chi connectivity index (χ3n) is 3.64. The highest BCUT2D eigenvalue weighted by Gasteiger charge is 2.16. The lowest BCUT2D eigenvalue weighted by molar-refractivity contribution is -0.116. The van der Waals surface area contributed by atoms with Crippen molar-refractivity contribution in [3.8, 4) is 6.07 Å². The van der Waals surface area contributed by atoms with E-state index in [4.69, 9.17) is 5.73 Å². The Morgan fingerprint density at radius 1 is 1.11 bits per heavy atom. The second kappa shape index (κ2) is 8.45. The Bertz CT molecular complexity index is 973. The molecule has 0 fully saturated rings. The second-order valence-corrected chi connectivity index (χ2v) is 5.73. The van der Waals surface area contributed by atoms with E-state index in [1.54, 1.807) is 48.5 Å². The summed E-state index contributed by atoms with van der Waals surface area (Å²) in [5, 5.41) is 11.9. The van der Waals surface area contributed by atoms with Gasteiger partial charge in [-0.05, 0) is 37.3 Å². The molecule has 2 aromatic rings. The minimum absolute atomic E-state index is 0.147. The fourth-order valence-corrected chi connectivity index (χ4v) is 2.30. The van der Waals surface area contributed by atoms with Gasteiger partial charge in [-0.1, -0.05) is 18.2 Å². The third kappa shape index (κ3) is 5.03. The molecule has 0 unspecified atom stereocenters. The Balaban J connectivity index is 2.31. The molecule has 0 aromatic heterocycles. The molecule has 0 spiro atoms. The normalized spacial score (nSPS) is 10.6. The second-order valence-electron chi connectivity index (χ2n) is 5.73. The Labute approximate surface area is 156 Å². The molecule has 2 rings (SSSR count). The molecule has 0 radical (unpaired) electrons. The quantitative estimate of drug-likeness (QED) is 0.367. The summed E-state index contributed by atoms with van der Waals surface area (Å²) in [6, 6.07) is 14.6. The van der Waals surface area contributed by atoms with E-state index < -0.39 is 5.91 Å². The number of carbonyl (C=O) groups is 3. The van der Waals surface area contributed by atoms with E-state index in [9.17, 15) is 19.6 Å². The summed E-state index contributed by atoms with van der Waals surface area (Å²) < 4.78 is 0. The highest BCUT2D eigenvalue weighted by Crippen LogP contribution is 2.20. The van der Waals surface area contributed by atoms with Gasteiger partial charge in [0.1, 0.15) is 11.6 Å². The number of nitrogens with zero attached hydrogens (tertiary/aromatic N) is 2. The zero-order valence-corrected chi connectivity index (χ0v) is 14.9. The van der Waals surface area contributed by atoms with Crippen molar-refractivity contribution in [3.63, 3.8) is 0 Å². The molecule has 7 heteroatoms. The fraction of sp³-hybridized carbons (Fsp3) is 0.100. The Morgan fingerprint density at radius 2 is 1.81 bits per heavy atom. The fourth-order valence-electron chi connectivity index (χ4n) is 2.30. The molecule has 0 aliphatic heterocycles. The van der Waals surface area contributed by atoms with Gasteiger partial charge in [-0.25, -0.2) is 0 Å². The number of anilines is 3. The standard InChI is InChI=1S/C20H18N4O3/c1-13(25)15-5-3-7-18(9-15)23-20(27)16(11-21)12-24(14(2)26)19-8-4-6-17(22)10-19/h3-10,12H,22H2,1-2H3,(H,23,27)/b16-12-. The van der Waals surface area contributed by atoms with Crippen LogP contribution in [0.15, 0.2) is 60.3 Å². The summed E-state index contributed by atoms with van der Waals surface area (Å²) in [5.41, 5.74) is 7.12. The zero-order chi connectivity index (χ0) is 20.0. The first-order valence-electron chi connectivity index (χ1n) is 8.01. The van der Waals surface area contributed by atoms with E-state index >= 15 is 0 Å². The Hall–Kier alpha value is -3.92. The molecule has 0 aliphatic rings. The van der Waals surface area contributed by atoms with Crippen LogP contribution in [0.4, 0.5) is 17.1 Å². The van der Waals surface area contributed by atoms with Gasteiger partial charge >= 0.3 is 0 Å². The molecule has 3 N–H and O–H groups in total. The van der Waals surface area contributed by atoms with Crippen LogP contribution in [0.5, 0.6) is 0 Å². The lowest BCUT2D eigenvalue weighted by atomic mass is 10.1. The van der Waals surface area contributed by atoms with Crippen molar-refractivity contribution in [2.45, 2.75) is 13.8 Å². The number of ketones is 1. The van der Waals surface area contributed by atoms with Crippen LogP contribution in [0.25, 0.3) is 0 Å². The van der Waals surface area contributed by atoms with Gasteiger partial charge in [-0.2, -0.15) is 5.26 Å². The van der Waals surface area contributed by atoms with Crippen LogP contribution in [-0.2, 0) is 9.59 Å². The van der Waals surface area contributed by atoms with Gasteiger partial charge in [-0.15, -0.1) is 0 Å². The Morgan fingerprint density at radius 3 is 2.41 bits per heavy atom. The lowest BCUT2D eigenvalue weighted by Gasteiger charge is -2.17. The van der Waals surface area contributed by atoms with Gasteiger partial charge in [0.15, 0.2) is 5.78 Å². The minimum atomic E-state index is -0.701. The number of nitrogen functional groups attached to an aromatic ring is 1. The summed E-state index contributed by atoms with van der Waals surface area (Å²) in [7, 11) is 0. The topological polar surface area (TPSA) is 116 Å². The van der Waals surface area contributed by atoms with Crippen molar-refractivity contribution in [2.24, 2.45) is 0 Å². The molecule has 0 bridgehead atoms. The molecule has 0 aliphatic carbocycles. The highest BCUT2D eigenvalue weighted by molar-refractivity contribution is 6.08. The van der Waals surface area contributed by atoms with Crippen LogP contribution < -0.4 is 16.0 Å². The predicted molar refractivity (Wildman–Crippen MR) is 103 cm³/mol. The molecule has 2 amide bonds.